The summed E-state index contributed by atoms with van der Waals surface area (Å²) in [5.41, 5.74) is 0. The van der Waals surface area contributed by atoms with Gasteiger partial charge in [0.25, 0.3) is 0 Å². The van der Waals surface area contributed by atoms with Crippen molar-refractivity contribution >= 4 is 0 Å². The Hall–Kier alpha value is -0.120. The van der Waals surface area contributed by atoms with E-state index in [2.05, 4.69) is 17.6 Å². The summed E-state index contributed by atoms with van der Waals surface area (Å²) >= 11 is 0. The molecule has 0 bridgehead atoms. The minimum absolute atomic E-state index is 0.475. The van der Waals surface area contributed by atoms with Gasteiger partial charge in [0.15, 0.2) is 0 Å². The fourth-order valence-corrected chi connectivity index (χ4v) is 2.54. The summed E-state index contributed by atoms with van der Waals surface area (Å²) in [4.78, 5) is 0. The molecule has 2 fully saturated rings. The number of hydrogen-bond acceptors (Lipinski definition) is 3. The van der Waals surface area contributed by atoms with Gasteiger partial charge in [-0.05, 0) is 50.7 Å². The molecule has 2 rings (SSSR count). The third-order valence-electron chi connectivity index (χ3n) is 3.73. The molecule has 2 aliphatic rings. The zero-order valence-electron chi connectivity index (χ0n) is 9.80. The summed E-state index contributed by atoms with van der Waals surface area (Å²) in [7, 11) is 0. The van der Waals surface area contributed by atoms with Gasteiger partial charge in [-0.2, -0.15) is 0 Å². The second-order valence-corrected chi connectivity index (χ2v) is 5.04. The van der Waals surface area contributed by atoms with Gasteiger partial charge in [-0.1, -0.05) is 6.92 Å². The molecule has 0 aromatic carbocycles. The van der Waals surface area contributed by atoms with E-state index in [9.17, 15) is 0 Å². The lowest BCUT2D eigenvalue weighted by molar-refractivity contribution is 0.0164. The first-order valence-electron chi connectivity index (χ1n) is 6.39. The fourth-order valence-electron chi connectivity index (χ4n) is 2.54. The smallest absolute Gasteiger partial charge is 0.0699 e. The van der Waals surface area contributed by atoms with Crippen molar-refractivity contribution < 1.29 is 4.74 Å². The molecule has 0 aliphatic carbocycles. The van der Waals surface area contributed by atoms with Crippen LogP contribution in [-0.4, -0.2) is 38.9 Å². The van der Waals surface area contributed by atoms with Crippen LogP contribution in [0.1, 0.15) is 26.2 Å². The van der Waals surface area contributed by atoms with Crippen LogP contribution in [0.15, 0.2) is 0 Å². The van der Waals surface area contributed by atoms with Gasteiger partial charge in [-0.25, -0.2) is 0 Å². The van der Waals surface area contributed by atoms with Gasteiger partial charge >= 0.3 is 0 Å². The third-order valence-corrected chi connectivity index (χ3v) is 3.73. The first-order chi connectivity index (χ1) is 7.36. The standard InChI is InChI=1S/C12H24N2O/c1-10-6-13-7-11(10)8-14-9-12-4-2-3-5-15-12/h10-14H,2-9H2,1H3/t10-,11+,12?/m1/s1. The van der Waals surface area contributed by atoms with Crippen LogP contribution in [0.5, 0.6) is 0 Å². The van der Waals surface area contributed by atoms with Crippen LogP contribution in [0.25, 0.3) is 0 Å². The maximum absolute atomic E-state index is 5.69. The summed E-state index contributed by atoms with van der Waals surface area (Å²) in [6.07, 6.45) is 4.31. The molecule has 0 aromatic heterocycles. The molecule has 3 heteroatoms. The largest absolute Gasteiger partial charge is 0.377 e. The van der Waals surface area contributed by atoms with Crippen molar-refractivity contribution in [3.63, 3.8) is 0 Å². The predicted octanol–water partition coefficient (Wildman–Crippen LogP) is 1.00. The van der Waals surface area contributed by atoms with Crippen molar-refractivity contribution in [2.24, 2.45) is 11.8 Å². The fraction of sp³-hybridized carbons (Fsp3) is 1.00. The maximum Gasteiger partial charge on any atom is 0.0699 e. The van der Waals surface area contributed by atoms with E-state index in [1.165, 1.54) is 32.4 Å². The average molecular weight is 212 g/mol. The summed E-state index contributed by atoms with van der Waals surface area (Å²) in [5, 5.41) is 7.00. The second-order valence-electron chi connectivity index (χ2n) is 5.04. The quantitative estimate of drug-likeness (QED) is 0.729. The highest BCUT2D eigenvalue weighted by molar-refractivity contribution is 4.80. The Morgan fingerprint density at radius 1 is 1.27 bits per heavy atom. The van der Waals surface area contributed by atoms with Crippen LogP contribution in [0, 0.1) is 11.8 Å². The van der Waals surface area contributed by atoms with Gasteiger partial charge in [0, 0.05) is 13.2 Å². The Balaban J connectivity index is 1.57. The molecule has 0 radical (unpaired) electrons. The highest BCUT2D eigenvalue weighted by Gasteiger charge is 2.22. The molecule has 2 saturated heterocycles. The highest BCUT2D eigenvalue weighted by atomic mass is 16.5. The number of rotatable bonds is 4. The van der Waals surface area contributed by atoms with Crippen LogP contribution in [0.2, 0.25) is 0 Å². The highest BCUT2D eigenvalue weighted by Crippen LogP contribution is 2.15. The normalized spacial score (nSPS) is 37.0. The van der Waals surface area contributed by atoms with Crippen molar-refractivity contribution in [2.75, 3.05) is 32.8 Å². The first-order valence-corrected chi connectivity index (χ1v) is 6.39. The molecule has 1 unspecified atom stereocenters. The van der Waals surface area contributed by atoms with Gasteiger partial charge < -0.3 is 15.4 Å². The van der Waals surface area contributed by atoms with Crippen LogP contribution in [-0.2, 0) is 4.74 Å². The molecule has 88 valence electrons. The van der Waals surface area contributed by atoms with Crippen molar-refractivity contribution in [2.45, 2.75) is 32.3 Å². The monoisotopic (exact) mass is 212 g/mol. The van der Waals surface area contributed by atoms with Crippen LogP contribution >= 0.6 is 0 Å². The van der Waals surface area contributed by atoms with Gasteiger partial charge in [0.1, 0.15) is 0 Å². The Morgan fingerprint density at radius 2 is 2.20 bits per heavy atom. The average Bonchev–Trinajstić information content (AvgIpc) is 2.66. The van der Waals surface area contributed by atoms with Gasteiger partial charge in [-0.15, -0.1) is 0 Å². The molecule has 2 aliphatic heterocycles. The summed E-state index contributed by atoms with van der Waals surface area (Å²) < 4.78 is 5.69. The van der Waals surface area contributed by atoms with Crippen molar-refractivity contribution in [3.05, 3.63) is 0 Å². The van der Waals surface area contributed by atoms with E-state index in [0.29, 0.717) is 6.10 Å². The van der Waals surface area contributed by atoms with Crippen molar-refractivity contribution in [1.29, 1.82) is 0 Å². The van der Waals surface area contributed by atoms with Crippen LogP contribution in [0.4, 0.5) is 0 Å². The zero-order chi connectivity index (χ0) is 10.5. The summed E-state index contributed by atoms with van der Waals surface area (Å²) in [5.74, 6) is 1.64. The minimum atomic E-state index is 0.475. The van der Waals surface area contributed by atoms with E-state index >= 15 is 0 Å². The van der Waals surface area contributed by atoms with E-state index < -0.39 is 0 Å². The third kappa shape index (κ3) is 3.44. The molecule has 2 N–H and O–H groups in total. The molecule has 3 atom stereocenters. The van der Waals surface area contributed by atoms with Crippen LogP contribution < -0.4 is 10.6 Å². The number of hydrogen-bond donors (Lipinski definition) is 2. The Morgan fingerprint density at radius 3 is 2.87 bits per heavy atom. The van der Waals surface area contributed by atoms with E-state index in [1.807, 2.05) is 0 Å². The zero-order valence-corrected chi connectivity index (χ0v) is 9.80. The topological polar surface area (TPSA) is 33.3 Å². The van der Waals surface area contributed by atoms with Gasteiger partial charge in [0.05, 0.1) is 6.10 Å². The molecule has 2 heterocycles. The molecule has 0 spiro atoms. The van der Waals surface area contributed by atoms with Crippen LogP contribution in [0.3, 0.4) is 0 Å². The summed E-state index contributed by atoms with van der Waals surface area (Å²) in [6.45, 7) is 7.86. The first kappa shape index (κ1) is 11.4. The maximum atomic E-state index is 5.69. The molecular weight excluding hydrogens is 188 g/mol. The minimum Gasteiger partial charge on any atom is -0.377 e. The predicted molar refractivity (Wildman–Crippen MR) is 62.0 cm³/mol. The second kappa shape index (κ2) is 5.83. The van der Waals surface area contributed by atoms with E-state index in [4.69, 9.17) is 4.74 Å². The van der Waals surface area contributed by atoms with Gasteiger partial charge in [0.2, 0.25) is 0 Å². The van der Waals surface area contributed by atoms with E-state index in [0.717, 1.165) is 31.5 Å². The molecule has 0 aromatic rings. The summed E-state index contributed by atoms with van der Waals surface area (Å²) in [6, 6.07) is 0. The lowest BCUT2D eigenvalue weighted by Gasteiger charge is -2.24. The SMILES string of the molecule is C[C@@H]1CNC[C@H]1CNCC1CCCCO1. The Bertz CT molecular complexity index is 180. The van der Waals surface area contributed by atoms with Crippen molar-refractivity contribution in [1.82, 2.24) is 10.6 Å². The molecule has 0 saturated carbocycles. The molecule has 0 amide bonds. The lowest BCUT2D eigenvalue weighted by Crippen LogP contribution is -2.35. The number of nitrogens with one attached hydrogen (secondary N) is 2. The number of ether oxygens (including phenoxy) is 1. The molecular formula is C12H24N2O. The lowest BCUT2D eigenvalue weighted by atomic mass is 9.98. The Kier molecular flexibility index (Phi) is 4.42. The molecule has 3 nitrogen and oxygen atoms in total. The van der Waals surface area contributed by atoms with E-state index in [1.54, 1.807) is 0 Å². The van der Waals surface area contributed by atoms with E-state index in [-0.39, 0.29) is 0 Å². The Labute approximate surface area is 93.0 Å². The molecule has 15 heavy (non-hydrogen) atoms. The van der Waals surface area contributed by atoms with Crippen molar-refractivity contribution in [3.8, 4) is 0 Å². The van der Waals surface area contributed by atoms with Gasteiger partial charge in [-0.3, -0.25) is 0 Å².